The number of nitrogens with one attached hydrogen (secondary N) is 1. The van der Waals surface area contributed by atoms with Gasteiger partial charge in [-0.3, -0.25) is 4.79 Å². The fourth-order valence-corrected chi connectivity index (χ4v) is 1.18. The first-order valence-corrected chi connectivity index (χ1v) is 5.58. The van der Waals surface area contributed by atoms with Crippen molar-refractivity contribution in [3.8, 4) is 0 Å². The van der Waals surface area contributed by atoms with Gasteiger partial charge in [0.1, 0.15) is 5.69 Å². The molecule has 0 aliphatic rings. The predicted molar refractivity (Wildman–Crippen MR) is 57.9 cm³/mol. The minimum absolute atomic E-state index is 0.0752. The summed E-state index contributed by atoms with van der Waals surface area (Å²) in [5, 5.41) is 1.80. The smallest absolute Gasteiger partial charge is 0.238 e. The van der Waals surface area contributed by atoms with E-state index in [-0.39, 0.29) is 6.07 Å². The van der Waals surface area contributed by atoms with Gasteiger partial charge in [0.25, 0.3) is 0 Å². The number of hydrogen-bond acceptors (Lipinski definition) is 1. The highest BCUT2D eigenvalue weighted by molar-refractivity contribution is 9.10. The average molecular weight is 314 g/mol. The van der Waals surface area contributed by atoms with Crippen LogP contribution in [0.3, 0.4) is 0 Å². The standard InChI is InChI=1S/C10H8BrF4NO/c1-2-4(11)10(17)16-9-7(14)5(12)3-6(13)8(9)15/h3-4H,2H2,1H3,(H,16,17). The Bertz CT molecular complexity index is 426. The van der Waals surface area contributed by atoms with Crippen LogP contribution in [0.5, 0.6) is 0 Å². The van der Waals surface area contributed by atoms with E-state index in [9.17, 15) is 22.4 Å². The van der Waals surface area contributed by atoms with Gasteiger partial charge in [-0.25, -0.2) is 17.6 Å². The first-order chi connectivity index (χ1) is 7.88. The molecule has 17 heavy (non-hydrogen) atoms. The number of carbonyl (C=O) groups is 1. The molecule has 7 heteroatoms. The van der Waals surface area contributed by atoms with E-state index in [2.05, 4.69) is 15.9 Å². The van der Waals surface area contributed by atoms with Gasteiger partial charge in [0.15, 0.2) is 23.3 Å². The largest absolute Gasteiger partial charge is 0.320 e. The van der Waals surface area contributed by atoms with E-state index < -0.39 is 39.7 Å². The fourth-order valence-electron chi connectivity index (χ4n) is 1.07. The maximum Gasteiger partial charge on any atom is 0.238 e. The number of hydrogen-bond donors (Lipinski definition) is 1. The lowest BCUT2D eigenvalue weighted by atomic mass is 10.2. The van der Waals surface area contributed by atoms with Crippen molar-refractivity contribution in [3.05, 3.63) is 29.3 Å². The van der Waals surface area contributed by atoms with Crippen molar-refractivity contribution in [2.24, 2.45) is 0 Å². The molecule has 0 saturated carbocycles. The fraction of sp³-hybridized carbons (Fsp3) is 0.300. The van der Waals surface area contributed by atoms with E-state index in [0.717, 1.165) is 0 Å². The number of halogens is 5. The Kier molecular flexibility index (Phi) is 4.50. The molecule has 1 unspecified atom stereocenters. The zero-order valence-electron chi connectivity index (χ0n) is 8.66. The van der Waals surface area contributed by atoms with E-state index >= 15 is 0 Å². The second kappa shape index (κ2) is 5.48. The number of anilines is 1. The highest BCUT2D eigenvalue weighted by Crippen LogP contribution is 2.24. The average Bonchev–Trinajstić information content (AvgIpc) is 2.30. The monoisotopic (exact) mass is 313 g/mol. The first-order valence-electron chi connectivity index (χ1n) is 4.66. The van der Waals surface area contributed by atoms with Gasteiger partial charge in [0.05, 0.1) is 4.83 Å². The van der Waals surface area contributed by atoms with Crippen molar-refractivity contribution < 1.29 is 22.4 Å². The second-order valence-electron chi connectivity index (χ2n) is 3.21. The third-order valence-electron chi connectivity index (χ3n) is 2.00. The summed E-state index contributed by atoms with van der Waals surface area (Å²) in [5.74, 6) is -7.18. The molecule has 1 rings (SSSR count). The van der Waals surface area contributed by atoms with Gasteiger partial charge < -0.3 is 5.32 Å². The molecule has 1 atom stereocenters. The highest BCUT2D eigenvalue weighted by Gasteiger charge is 2.22. The zero-order valence-corrected chi connectivity index (χ0v) is 10.2. The maximum atomic E-state index is 13.2. The molecule has 0 fully saturated rings. The number of rotatable bonds is 3. The molecule has 0 aliphatic heterocycles. The van der Waals surface area contributed by atoms with Gasteiger partial charge >= 0.3 is 0 Å². The van der Waals surface area contributed by atoms with Crippen LogP contribution in [-0.4, -0.2) is 10.7 Å². The summed E-state index contributed by atoms with van der Waals surface area (Å²) in [7, 11) is 0. The molecule has 0 radical (unpaired) electrons. The zero-order chi connectivity index (χ0) is 13.2. The van der Waals surface area contributed by atoms with E-state index in [4.69, 9.17) is 0 Å². The molecule has 0 aliphatic carbocycles. The summed E-state index contributed by atoms with van der Waals surface area (Å²) in [5.41, 5.74) is -1.12. The lowest BCUT2D eigenvalue weighted by Gasteiger charge is -2.11. The van der Waals surface area contributed by atoms with Crippen LogP contribution in [0.25, 0.3) is 0 Å². The van der Waals surface area contributed by atoms with E-state index in [0.29, 0.717) is 6.42 Å². The van der Waals surface area contributed by atoms with Crippen LogP contribution in [0.2, 0.25) is 0 Å². The third-order valence-corrected chi connectivity index (χ3v) is 3.07. The molecule has 0 spiro atoms. The summed E-state index contributed by atoms with van der Waals surface area (Å²) < 4.78 is 51.9. The van der Waals surface area contributed by atoms with Gasteiger partial charge in [0.2, 0.25) is 5.91 Å². The minimum atomic E-state index is -1.63. The Morgan fingerprint density at radius 1 is 1.29 bits per heavy atom. The van der Waals surface area contributed by atoms with Gasteiger partial charge in [-0.05, 0) is 6.42 Å². The van der Waals surface area contributed by atoms with Crippen molar-refractivity contribution >= 4 is 27.5 Å². The number of benzene rings is 1. The summed E-state index contributed by atoms with van der Waals surface area (Å²) >= 11 is 2.94. The molecule has 0 heterocycles. The van der Waals surface area contributed by atoms with Crippen molar-refractivity contribution in [2.45, 2.75) is 18.2 Å². The molecular formula is C10H8BrF4NO. The Morgan fingerprint density at radius 3 is 2.18 bits per heavy atom. The van der Waals surface area contributed by atoms with Crippen molar-refractivity contribution in [2.75, 3.05) is 5.32 Å². The topological polar surface area (TPSA) is 29.1 Å². The number of alkyl halides is 1. The number of carbonyl (C=O) groups excluding carboxylic acids is 1. The minimum Gasteiger partial charge on any atom is -0.320 e. The van der Waals surface area contributed by atoms with Gasteiger partial charge in [-0.15, -0.1) is 0 Å². The van der Waals surface area contributed by atoms with Gasteiger partial charge in [0, 0.05) is 6.07 Å². The Balaban J connectivity index is 3.10. The van der Waals surface area contributed by atoms with Crippen LogP contribution in [-0.2, 0) is 4.79 Å². The molecule has 94 valence electrons. The van der Waals surface area contributed by atoms with E-state index in [1.54, 1.807) is 12.2 Å². The van der Waals surface area contributed by atoms with Crippen LogP contribution in [0.1, 0.15) is 13.3 Å². The maximum absolute atomic E-state index is 13.2. The Morgan fingerprint density at radius 2 is 1.76 bits per heavy atom. The van der Waals surface area contributed by atoms with Crippen molar-refractivity contribution in [1.29, 1.82) is 0 Å². The van der Waals surface area contributed by atoms with Crippen LogP contribution < -0.4 is 5.32 Å². The number of amides is 1. The van der Waals surface area contributed by atoms with Gasteiger partial charge in [-0.2, -0.15) is 0 Å². The normalized spacial score (nSPS) is 12.4. The molecule has 1 aromatic rings. The lowest BCUT2D eigenvalue weighted by molar-refractivity contribution is -0.115. The molecule has 1 amide bonds. The lowest BCUT2D eigenvalue weighted by Crippen LogP contribution is -2.24. The summed E-state index contributed by atoms with van der Waals surface area (Å²) in [4.78, 5) is 10.6. The summed E-state index contributed by atoms with van der Waals surface area (Å²) in [6, 6.07) is 0.0752. The first kappa shape index (κ1) is 14.0. The van der Waals surface area contributed by atoms with Crippen LogP contribution in [0.4, 0.5) is 23.2 Å². The molecule has 2 nitrogen and oxygen atoms in total. The Hall–Kier alpha value is -1.11. The van der Waals surface area contributed by atoms with E-state index in [1.165, 1.54) is 0 Å². The predicted octanol–water partition coefficient (Wildman–Crippen LogP) is 3.36. The highest BCUT2D eigenvalue weighted by atomic mass is 79.9. The third kappa shape index (κ3) is 2.96. The van der Waals surface area contributed by atoms with Crippen LogP contribution >= 0.6 is 15.9 Å². The molecule has 1 N–H and O–H groups in total. The summed E-state index contributed by atoms with van der Waals surface area (Å²) in [6.45, 7) is 1.65. The van der Waals surface area contributed by atoms with Crippen LogP contribution in [0.15, 0.2) is 6.07 Å². The molecule has 0 aromatic heterocycles. The van der Waals surface area contributed by atoms with Crippen molar-refractivity contribution in [1.82, 2.24) is 0 Å². The van der Waals surface area contributed by atoms with Crippen molar-refractivity contribution in [3.63, 3.8) is 0 Å². The Labute approximate surface area is 103 Å². The van der Waals surface area contributed by atoms with Gasteiger partial charge in [-0.1, -0.05) is 22.9 Å². The molecule has 0 saturated heterocycles. The summed E-state index contributed by atoms with van der Waals surface area (Å²) in [6.07, 6.45) is 0.354. The quantitative estimate of drug-likeness (QED) is 0.517. The molecule has 1 aromatic carbocycles. The molecule has 0 bridgehead atoms. The second-order valence-corrected chi connectivity index (χ2v) is 4.31. The van der Waals surface area contributed by atoms with E-state index in [1.807, 2.05) is 0 Å². The SMILES string of the molecule is CCC(Br)C(=O)Nc1c(F)c(F)cc(F)c1F. The van der Waals surface area contributed by atoms with Crippen LogP contribution in [0, 0.1) is 23.3 Å². The molecular weight excluding hydrogens is 306 g/mol.